The molecule has 2 aromatic rings. The van der Waals surface area contributed by atoms with Crippen molar-refractivity contribution in [1.29, 1.82) is 0 Å². The van der Waals surface area contributed by atoms with Crippen molar-refractivity contribution in [2.75, 3.05) is 5.73 Å². The highest BCUT2D eigenvalue weighted by atomic mass is 16.5. The first kappa shape index (κ1) is 11.0. The highest BCUT2D eigenvalue weighted by Crippen LogP contribution is 2.33. The molecule has 0 fully saturated rings. The molecule has 0 aliphatic heterocycles. The number of benzene rings is 1. The molecule has 0 amide bonds. The van der Waals surface area contributed by atoms with E-state index in [1.807, 2.05) is 25.1 Å². The summed E-state index contributed by atoms with van der Waals surface area (Å²) in [5, 5.41) is 0. The molecule has 1 aliphatic carbocycles. The van der Waals surface area contributed by atoms with E-state index in [2.05, 4.69) is 9.97 Å². The number of nitrogen functional groups attached to an aromatic ring is 1. The molecule has 0 saturated carbocycles. The van der Waals surface area contributed by atoms with Crippen molar-refractivity contribution in [3.8, 4) is 11.6 Å². The van der Waals surface area contributed by atoms with Gasteiger partial charge in [-0.2, -0.15) is 0 Å². The van der Waals surface area contributed by atoms with Crippen LogP contribution in [-0.4, -0.2) is 9.97 Å². The standard InChI is InChI=1S/C14H15N3O/c1-9-5-6-11(15)13(7-9)18-14-10-3-2-4-12(10)16-8-17-14/h5-8H,2-4,15H2,1H3. The normalized spacial score (nSPS) is 13.4. The number of fused-ring (bicyclic) bond motifs is 1. The van der Waals surface area contributed by atoms with E-state index >= 15 is 0 Å². The van der Waals surface area contributed by atoms with E-state index in [1.54, 1.807) is 6.33 Å². The summed E-state index contributed by atoms with van der Waals surface area (Å²) in [6.45, 7) is 2.01. The van der Waals surface area contributed by atoms with Gasteiger partial charge < -0.3 is 10.5 Å². The number of nitrogens with two attached hydrogens (primary N) is 1. The van der Waals surface area contributed by atoms with Gasteiger partial charge >= 0.3 is 0 Å². The molecule has 0 saturated heterocycles. The SMILES string of the molecule is Cc1ccc(N)c(Oc2ncnc3c2CCC3)c1. The first-order valence-corrected chi connectivity index (χ1v) is 6.11. The van der Waals surface area contributed by atoms with E-state index in [0.29, 0.717) is 17.3 Å². The minimum Gasteiger partial charge on any atom is -0.436 e. The maximum Gasteiger partial charge on any atom is 0.225 e. The molecule has 0 spiro atoms. The number of ether oxygens (including phenoxy) is 1. The minimum atomic E-state index is 0.631. The Morgan fingerprint density at radius 3 is 3.00 bits per heavy atom. The van der Waals surface area contributed by atoms with Gasteiger partial charge in [0, 0.05) is 5.56 Å². The van der Waals surface area contributed by atoms with Crippen LogP contribution in [0.2, 0.25) is 0 Å². The predicted octanol–water partition coefficient (Wildman–Crippen LogP) is 2.65. The maximum absolute atomic E-state index is 5.91. The Hall–Kier alpha value is -2.10. The lowest BCUT2D eigenvalue weighted by Crippen LogP contribution is -1.99. The molecular weight excluding hydrogens is 226 g/mol. The Morgan fingerprint density at radius 1 is 1.22 bits per heavy atom. The molecule has 2 N–H and O–H groups in total. The van der Waals surface area contributed by atoms with Gasteiger partial charge in [0.15, 0.2) is 5.75 Å². The van der Waals surface area contributed by atoms with Crippen LogP contribution in [0.1, 0.15) is 23.2 Å². The van der Waals surface area contributed by atoms with Gasteiger partial charge in [-0.25, -0.2) is 9.97 Å². The molecule has 4 nitrogen and oxygen atoms in total. The number of hydrogen-bond donors (Lipinski definition) is 1. The van der Waals surface area contributed by atoms with Crippen LogP contribution in [0, 0.1) is 6.92 Å². The van der Waals surface area contributed by atoms with Crippen LogP contribution >= 0.6 is 0 Å². The summed E-state index contributed by atoms with van der Waals surface area (Å²) in [6.07, 6.45) is 4.67. The van der Waals surface area contributed by atoms with Crippen LogP contribution in [0.3, 0.4) is 0 Å². The Labute approximate surface area is 106 Å². The molecule has 92 valence electrons. The van der Waals surface area contributed by atoms with Crippen LogP contribution in [0.4, 0.5) is 5.69 Å². The van der Waals surface area contributed by atoms with Gasteiger partial charge in [0.05, 0.1) is 11.4 Å². The topological polar surface area (TPSA) is 61.0 Å². The van der Waals surface area contributed by atoms with Crippen molar-refractivity contribution >= 4 is 5.69 Å². The number of rotatable bonds is 2. The Bertz CT molecular complexity index is 596. The molecule has 3 rings (SSSR count). The van der Waals surface area contributed by atoms with Gasteiger partial charge in [-0.15, -0.1) is 0 Å². The van der Waals surface area contributed by atoms with Crippen LogP contribution in [0.15, 0.2) is 24.5 Å². The van der Waals surface area contributed by atoms with E-state index in [4.69, 9.17) is 10.5 Å². The van der Waals surface area contributed by atoms with Crippen molar-refractivity contribution in [2.45, 2.75) is 26.2 Å². The fraction of sp³-hybridized carbons (Fsp3) is 0.286. The maximum atomic E-state index is 5.91. The largest absolute Gasteiger partial charge is 0.436 e. The fourth-order valence-electron chi connectivity index (χ4n) is 2.25. The van der Waals surface area contributed by atoms with Crippen molar-refractivity contribution in [2.24, 2.45) is 0 Å². The zero-order valence-electron chi connectivity index (χ0n) is 10.3. The number of nitrogens with zero attached hydrogens (tertiary/aromatic N) is 2. The van der Waals surface area contributed by atoms with Crippen molar-refractivity contribution in [3.05, 3.63) is 41.3 Å². The van der Waals surface area contributed by atoms with Crippen LogP contribution in [0.5, 0.6) is 11.6 Å². The van der Waals surface area contributed by atoms with Gasteiger partial charge in [0.25, 0.3) is 0 Å². The first-order chi connectivity index (χ1) is 8.74. The third-order valence-electron chi connectivity index (χ3n) is 3.21. The first-order valence-electron chi connectivity index (χ1n) is 6.11. The van der Waals surface area contributed by atoms with E-state index < -0.39 is 0 Å². The third kappa shape index (κ3) is 1.90. The van der Waals surface area contributed by atoms with Gasteiger partial charge in [0.2, 0.25) is 5.88 Å². The average molecular weight is 241 g/mol. The Morgan fingerprint density at radius 2 is 2.11 bits per heavy atom. The quantitative estimate of drug-likeness (QED) is 0.821. The third-order valence-corrected chi connectivity index (χ3v) is 3.21. The molecule has 1 aromatic carbocycles. The number of anilines is 1. The van der Waals surface area contributed by atoms with Gasteiger partial charge in [0.1, 0.15) is 6.33 Å². The summed E-state index contributed by atoms with van der Waals surface area (Å²) in [5.74, 6) is 1.32. The Kier molecular flexibility index (Phi) is 2.63. The molecular formula is C14H15N3O. The molecule has 1 heterocycles. The molecule has 1 aliphatic rings. The second kappa shape index (κ2) is 4.29. The highest BCUT2D eigenvalue weighted by molar-refractivity contribution is 5.55. The second-order valence-electron chi connectivity index (χ2n) is 4.60. The summed E-state index contributed by atoms with van der Waals surface area (Å²) in [5.41, 5.74) is 9.89. The number of aryl methyl sites for hydroxylation is 2. The van der Waals surface area contributed by atoms with E-state index in [9.17, 15) is 0 Å². The molecule has 1 aromatic heterocycles. The monoisotopic (exact) mass is 241 g/mol. The van der Waals surface area contributed by atoms with Gasteiger partial charge in [-0.1, -0.05) is 6.07 Å². The molecule has 0 atom stereocenters. The summed E-state index contributed by atoms with van der Waals surface area (Å²) >= 11 is 0. The lowest BCUT2D eigenvalue weighted by atomic mass is 10.2. The summed E-state index contributed by atoms with van der Waals surface area (Å²) < 4.78 is 5.86. The van der Waals surface area contributed by atoms with E-state index in [1.165, 1.54) is 0 Å². The minimum absolute atomic E-state index is 0.631. The predicted molar refractivity (Wildman–Crippen MR) is 69.7 cm³/mol. The summed E-state index contributed by atoms with van der Waals surface area (Å²) in [6, 6.07) is 5.75. The summed E-state index contributed by atoms with van der Waals surface area (Å²) in [4.78, 5) is 8.51. The van der Waals surface area contributed by atoms with E-state index in [0.717, 1.165) is 36.1 Å². The van der Waals surface area contributed by atoms with Crippen molar-refractivity contribution in [3.63, 3.8) is 0 Å². The molecule has 18 heavy (non-hydrogen) atoms. The number of hydrogen-bond acceptors (Lipinski definition) is 4. The Balaban J connectivity index is 1.98. The van der Waals surface area contributed by atoms with Gasteiger partial charge in [-0.3, -0.25) is 0 Å². The van der Waals surface area contributed by atoms with Crippen LogP contribution < -0.4 is 10.5 Å². The molecule has 4 heteroatoms. The van der Waals surface area contributed by atoms with E-state index in [-0.39, 0.29) is 0 Å². The fourth-order valence-corrected chi connectivity index (χ4v) is 2.25. The molecule has 0 radical (unpaired) electrons. The summed E-state index contributed by atoms with van der Waals surface area (Å²) in [7, 11) is 0. The highest BCUT2D eigenvalue weighted by Gasteiger charge is 2.19. The van der Waals surface area contributed by atoms with Crippen LogP contribution in [0.25, 0.3) is 0 Å². The van der Waals surface area contributed by atoms with Gasteiger partial charge in [-0.05, 0) is 43.9 Å². The lowest BCUT2D eigenvalue weighted by Gasteiger charge is -2.11. The smallest absolute Gasteiger partial charge is 0.225 e. The molecule has 0 unspecified atom stereocenters. The zero-order chi connectivity index (χ0) is 12.5. The second-order valence-corrected chi connectivity index (χ2v) is 4.60. The van der Waals surface area contributed by atoms with Crippen molar-refractivity contribution in [1.82, 2.24) is 9.97 Å². The average Bonchev–Trinajstić information content (AvgIpc) is 2.83. The number of aromatic nitrogens is 2. The lowest BCUT2D eigenvalue weighted by molar-refractivity contribution is 0.457. The van der Waals surface area contributed by atoms with Crippen LogP contribution in [-0.2, 0) is 12.8 Å². The zero-order valence-corrected chi connectivity index (χ0v) is 10.3. The molecule has 0 bridgehead atoms. The van der Waals surface area contributed by atoms with Crippen molar-refractivity contribution < 1.29 is 4.74 Å².